The molecule has 1 aromatic heterocycles. The lowest BCUT2D eigenvalue weighted by Gasteiger charge is -2.26. The fourth-order valence-corrected chi connectivity index (χ4v) is 3.03. The molecule has 2 heteroatoms. The molecule has 0 radical (unpaired) electrons. The number of pyridine rings is 1. The molecule has 1 saturated carbocycles. The van der Waals surface area contributed by atoms with Gasteiger partial charge in [-0.05, 0) is 49.7 Å². The van der Waals surface area contributed by atoms with Crippen molar-refractivity contribution in [3.05, 3.63) is 41.2 Å². The molecule has 0 bridgehead atoms. The SMILES string of the molecule is CCCc1ccc(C2CCC(/C=C/Cl)CC2)nc1. The Morgan fingerprint density at radius 3 is 2.61 bits per heavy atom. The molecule has 1 aliphatic rings. The zero-order valence-electron chi connectivity index (χ0n) is 11.1. The Kier molecular flexibility index (Phi) is 5.25. The van der Waals surface area contributed by atoms with Gasteiger partial charge >= 0.3 is 0 Å². The van der Waals surface area contributed by atoms with Gasteiger partial charge in [-0.25, -0.2) is 0 Å². The molecule has 0 unspecified atom stereocenters. The minimum Gasteiger partial charge on any atom is -0.261 e. The molecule has 0 atom stereocenters. The maximum atomic E-state index is 5.64. The third kappa shape index (κ3) is 3.58. The van der Waals surface area contributed by atoms with Crippen molar-refractivity contribution in [2.75, 3.05) is 0 Å². The highest BCUT2D eigenvalue weighted by Gasteiger charge is 2.21. The van der Waals surface area contributed by atoms with Crippen molar-refractivity contribution in [3.63, 3.8) is 0 Å². The van der Waals surface area contributed by atoms with Crippen molar-refractivity contribution in [2.45, 2.75) is 51.4 Å². The third-order valence-electron chi connectivity index (χ3n) is 3.92. The summed E-state index contributed by atoms with van der Waals surface area (Å²) in [6.45, 7) is 2.21. The largest absolute Gasteiger partial charge is 0.261 e. The summed E-state index contributed by atoms with van der Waals surface area (Å²) in [6, 6.07) is 4.48. The van der Waals surface area contributed by atoms with E-state index in [9.17, 15) is 0 Å². The Morgan fingerprint density at radius 2 is 2.06 bits per heavy atom. The minimum absolute atomic E-state index is 0.653. The van der Waals surface area contributed by atoms with E-state index in [0.717, 1.165) is 6.42 Å². The summed E-state index contributed by atoms with van der Waals surface area (Å²) in [5.41, 5.74) is 4.31. The highest BCUT2D eigenvalue weighted by Crippen LogP contribution is 2.35. The standard InChI is InChI=1S/C16H22ClN/c1-2-3-14-6-9-16(18-12-14)15-7-4-13(5-8-15)10-11-17/h6,9-13,15H,2-5,7-8H2,1H3/b11-10+. The zero-order valence-corrected chi connectivity index (χ0v) is 11.9. The summed E-state index contributed by atoms with van der Waals surface area (Å²) in [7, 11) is 0. The summed E-state index contributed by atoms with van der Waals surface area (Å²) in [6.07, 6.45) is 11.5. The first-order chi connectivity index (χ1) is 8.83. The van der Waals surface area contributed by atoms with Gasteiger partial charge in [-0.2, -0.15) is 0 Å². The number of aromatic nitrogens is 1. The van der Waals surface area contributed by atoms with Crippen LogP contribution in [0, 0.1) is 5.92 Å². The van der Waals surface area contributed by atoms with E-state index >= 15 is 0 Å². The molecule has 0 spiro atoms. The van der Waals surface area contributed by atoms with Crippen LogP contribution >= 0.6 is 11.6 Å². The molecular formula is C16H22ClN. The number of aryl methyl sites for hydroxylation is 1. The molecule has 1 aliphatic carbocycles. The van der Waals surface area contributed by atoms with Gasteiger partial charge in [0.15, 0.2) is 0 Å². The molecule has 1 nitrogen and oxygen atoms in total. The highest BCUT2D eigenvalue weighted by molar-refractivity contribution is 6.25. The number of rotatable bonds is 4. The van der Waals surface area contributed by atoms with Gasteiger partial charge in [-0.3, -0.25) is 4.98 Å². The van der Waals surface area contributed by atoms with E-state index in [1.54, 1.807) is 5.54 Å². The van der Waals surface area contributed by atoms with Gasteiger partial charge < -0.3 is 0 Å². The van der Waals surface area contributed by atoms with Gasteiger partial charge in [0.25, 0.3) is 0 Å². The van der Waals surface area contributed by atoms with Crippen molar-refractivity contribution in [1.29, 1.82) is 0 Å². The molecule has 0 aliphatic heterocycles. The number of hydrogen-bond donors (Lipinski definition) is 0. The second-order valence-electron chi connectivity index (χ2n) is 5.27. The van der Waals surface area contributed by atoms with Crippen molar-refractivity contribution >= 4 is 11.6 Å². The van der Waals surface area contributed by atoms with Crippen molar-refractivity contribution < 1.29 is 0 Å². The summed E-state index contributed by atoms with van der Waals surface area (Å²) in [4.78, 5) is 4.65. The molecule has 2 rings (SSSR count). The number of allylic oxidation sites excluding steroid dienone is 1. The quantitative estimate of drug-likeness (QED) is 0.740. The van der Waals surface area contributed by atoms with Gasteiger partial charge in [-0.1, -0.05) is 37.1 Å². The number of hydrogen-bond acceptors (Lipinski definition) is 1. The van der Waals surface area contributed by atoms with E-state index in [1.165, 1.54) is 43.4 Å². The molecule has 18 heavy (non-hydrogen) atoms. The number of halogens is 1. The van der Waals surface area contributed by atoms with Crippen LogP contribution in [-0.4, -0.2) is 4.98 Å². The lowest BCUT2D eigenvalue weighted by Crippen LogP contribution is -2.12. The molecule has 1 aromatic rings. The summed E-state index contributed by atoms with van der Waals surface area (Å²) in [5.74, 6) is 1.33. The predicted octanol–water partition coefficient (Wildman–Crippen LogP) is 5.06. The summed E-state index contributed by atoms with van der Waals surface area (Å²) >= 11 is 5.64. The average molecular weight is 264 g/mol. The van der Waals surface area contributed by atoms with Crippen LogP contribution in [0.5, 0.6) is 0 Å². The molecule has 1 heterocycles. The first kappa shape index (κ1) is 13.6. The third-order valence-corrected chi connectivity index (χ3v) is 4.07. The van der Waals surface area contributed by atoms with Gasteiger partial charge in [0, 0.05) is 23.3 Å². The fourth-order valence-electron chi connectivity index (χ4n) is 2.82. The van der Waals surface area contributed by atoms with E-state index in [2.05, 4.69) is 36.3 Å². The molecular weight excluding hydrogens is 242 g/mol. The normalized spacial score (nSPS) is 24.6. The van der Waals surface area contributed by atoms with Crippen LogP contribution < -0.4 is 0 Å². The Labute approximate surface area is 115 Å². The maximum absolute atomic E-state index is 5.64. The summed E-state index contributed by atoms with van der Waals surface area (Å²) in [5, 5.41) is 0. The van der Waals surface area contributed by atoms with E-state index in [4.69, 9.17) is 11.6 Å². The number of nitrogens with zero attached hydrogens (tertiary/aromatic N) is 1. The van der Waals surface area contributed by atoms with Crippen LogP contribution in [0.1, 0.15) is 56.2 Å². The Hall–Kier alpha value is -0.820. The predicted molar refractivity (Wildman–Crippen MR) is 77.9 cm³/mol. The van der Waals surface area contributed by atoms with Gasteiger partial charge in [0.05, 0.1) is 0 Å². The van der Waals surface area contributed by atoms with E-state index in [-0.39, 0.29) is 0 Å². The first-order valence-corrected chi connectivity index (χ1v) is 7.48. The van der Waals surface area contributed by atoms with Gasteiger partial charge in [0.1, 0.15) is 0 Å². The fraction of sp³-hybridized carbons (Fsp3) is 0.562. The molecule has 0 N–H and O–H groups in total. The highest BCUT2D eigenvalue weighted by atomic mass is 35.5. The van der Waals surface area contributed by atoms with Crippen LogP contribution in [0.2, 0.25) is 0 Å². The maximum Gasteiger partial charge on any atom is 0.0434 e. The monoisotopic (exact) mass is 263 g/mol. The smallest absolute Gasteiger partial charge is 0.0434 e. The zero-order chi connectivity index (χ0) is 12.8. The Balaban J connectivity index is 1.92. The average Bonchev–Trinajstić information content (AvgIpc) is 2.41. The Morgan fingerprint density at radius 1 is 1.28 bits per heavy atom. The molecule has 98 valence electrons. The van der Waals surface area contributed by atoms with Crippen LogP contribution in [0.25, 0.3) is 0 Å². The van der Waals surface area contributed by atoms with E-state index < -0.39 is 0 Å². The van der Waals surface area contributed by atoms with E-state index in [0.29, 0.717) is 11.8 Å². The molecule has 0 amide bonds. The molecule has 1 fully saturated rings. The molecule has 0 aromatic carbocycles. The van der Waals surface area contributed by atoms with Crippen molar-refractivity contribution in [2.24, 2.45) is 5.92 Å². The van der Waals surface area contributed by atoms with Gasteiger partial charge in [0.2, 0.25) is 0 Å². The Bertz CT molecular complexity index is 375. The second kappa shape index (κ2) is 6.94. The van der Waals surface area contributed by atoms with Crippen LogP contribution in [0.15, 0.2) is 29.9 Å². The second-order valence-corrected chi connectivity index (χ2v) is 5.52. The summed E-state index contributed by atoms with van der Waals surface area (Å²) < 4.78 is 0. The van der Waals surface area contributed by atoms with Crippen molar-refractivity contribution in [1.82, 2.24) is 4.98 Å². The lowest BCUT2D eigenvalue weighted by molar-refractivity contribution is 0.371. The van der Waals surface area contributed by atoms with E-state index in [1.807, 2.05) is 0 Å². The van der Waals surface area contributed by atoms with Crippen LogP contribution in [-0.2, 0) is 6.42 Å². The van der Waals surface area contributed by atoms with Crippen LogP contribution in [0.3, 0.4) is 0 Å². The molecule has 0 saturated heterocycles. The lowest BCUT2D eigenvalue weighted by atomic mass is 9.80. The van der Waals surface area contributed by atoms with Crippen LogP contribution in [0.4, 0.5) is 0 Å². The van der Waals surface area contributed by atoms with Gasteiger partial charge in [-0.15, -0.1) is 0 Å². The van der Waals surface area contributed by atoms with Crippen molar-refractivity contribution in [3.8, 4) is 0 Å². The minimum atomic E-state index is 0.653. The topological polar surface area (TPSA) is 12.9 Å². The first-order valence-electron chi connectivity index (χ1n) is 7.05.